The molecule has 5 atom stereocenters. The van der Waals surface area contributed by atoms with Crippen LogP contribution in [0.5, 0.6) is 0 Å². The van der Waals surface area contributed by atoms with Crippen LogP contribution in [-0.4, -0.2) is 28.2 Å². The van der Waals surface area contributed by atoms with E-state index in [1.165, 1.54) is 0 Å². The summed E-state index contributed by atoms with van der Waals surface area (Å²) in [7, 11) is 0. The molecule has 3 heteroatoms. The van der Waals surface area contributed by atoms with Crippen molar-refractivity contribution in [2.75, 3.05) is 6.61 Å². The zero-order valence-corrected chi connectivity index (χ0v) is 11.7. The number of Topliss-reactive ketones (excluding diaryl/α,β-unsaturated/α-hetero) is 1. The first-order valence-electron chi connectivity index (χ1n) is 7.24. The molecule has 18 heavy (non-hydrogen) atoms. The van der Waals surface area contributed by atoms with Gasteiger partial charge in [0.05, 0.1) is 5.60 Å². The second-order valence-electron chi connectivity index (χ2n) is 6.80. The van der Waals surface area contributed by atoms with Gasteiger partial charge in [0, 0.05) is 5.92 Å². The Morgan fingerprint density at radius 1 is 1.33 bits per heavy atom. The van der Waals surface area contributed by atoms with Crippen LogP contribution < -0.4 is 0 Å². The lowest BCUT2D eigenvalue weighted by atomic mass is 9.61. The van der Waals surface area contributed by atoms with Crippen LogP contribution >= 0.6 is 0 Å². The number of fused-ring (bicyclic) bond motifs is 1. The summed E-state index contributed by atoms with van der Waals surface area (Å²) in [4.78, 5) is 11.9. The van der Waals surface area contributed by atoms with Gasteiger partial charge in [-0.2, -0.15) is 0 Å². The number of aliphatic hydroxyl groups is 2. The molecule has 2 fully saturated rings. The van der Waals surface area contributed by atoms with E-state index in [1.807, 2.05) is 6.92 Å². The van der Waals surface area contributed by atoms with Gasteiger partial charge in [-0.1, -0.05) is 13.8 Å². The van der Waals surface area contributed by atoms with Crippen molar-refractivity contribution in [2.45, 2.75) is 52.1 Å². The summed E-state index contributed by atoms with van der Waals surface area (Å²) in [5, 5.41) is 19.7. The predicted molar refractivity (Wildman–Crippen MR) is 70.0 cm³/mol. The second-order valence-corrected chi connectivity index (χ2v) is 6.80. The monoisotopic (exact) mass is 254 g/mol. The van der Waals surface area contributed by atoms with Crippen molar-refractivity contribution in [3.8, 4) is 0 Å². The number of ketones is 1. The van der Waals surface area contributed by atoms with E-state index in [4.69, 9.17) is 5.11 Å². The molecule has 104 valence electrons. The summed E-state index contributed by atoms with van der Waals surface area (Å²) in [6.45, 7) is 6.00. The Balaban J connectivity index is 2.27. The van der Waals surface area contributed by atoms with Crippen molar-refractivity contribution in [3.05, 3.63) is 0 Å². The molecule has 2 rings (SSSR count). The number of rotatable bonds is 3. The lowest BCUT2D eigenvalue weighted by Crippen LogP contribution is -2.47. The van der Waals surface area contributed by atoms with Crippen LogP contribution in [0.15, 0.2) is 0 Å². The smallest absolute Gasteiger partial charge is 0.161 e. The van der Waals surface area contributed by atoms with E-state index in [0.29, 0.717) is 11.8 Å². The van der Waals surface area contributed by atoms with E-state index in [0.717, 1.165) is 25.7 Å². The maximum absolute atomic E-state index is 11.9. The molecule has 0 aromatic heterocycles. The highest BCUT2D eigenvalue weighted by molar-refractivity contribution is 5.82. The molecule has 0 aromatic rings. The summed E-state index contributed by atoms with van der Waals surface area (Å²) >= 11 is 0. The first-order chi connectivity index (χ1) is 8.38. The second kappa shape index (κ2) is 4.93. The van der Waals surface area contributed by atoms with Crippen LogP contribution in [0.4, 0.5) is 0 Å². The van der Waals surface area contributed by atoms with Gasteiger partial charge in [0.2, 0.25) is 0 Å². The van der Waals surface area contributed by atoms with Crippen LogP contribution in [0.2, 0.25) is 0 Å². The molecule has 0 aliphatic heterocycles. The fraction of sp³-hybridized carbons (Fsp3) is 0.933. The van der Waals surface area contributed by atoms with Gasteiger partial charge >= 0.3 is 0 Å². The van der Waals surface area contributed by atoms with E-state index in [2.05, 4.69) is 13.8 Å². The van der Waals surface area contributed by atoms with Crippen molar-refractivity contribution in [1.82, 2.24) is 0 Å². The van der Waals surface area contributed by atoms with Crippen LogP contribution in [0.25, 0.3) is 0 Å². The lowest BCUT2D eigenvalue weighted by Gasteiger charge is -2.46. The summed E-state index contributed by atoms with van der Waals surface area (Å²) in [5.74, 6) is 1.51. The fourth-order valence-corrected chi connectivity index (χ4v) is 4.45. The van der Waals surface area contributed by atoms with Crippen molar-refractivity contribution in [2.24, 2.45) is 29.6 Å². The predicted octanol–water partition coefficient (Wildman–Crippen LogP) is 2.01. The van der Waals surface area contributed by atoms with Gasteiger partial charge in [-0.3, -0.25) is 4.79 Å². The average Bonchev–Trinajstić information content (AvgIpc) is 2.73. The third-order valence-electron chi connectivity index (χ3n) is 5.42. The molecule has 2 N–H and O–H groups in total. The van der Waals surface area contributed by atoms with Gasteiger partial charge in [-0.25, -0.2) is 0 Å². The van der Waals surface area contributed by atoms with E-state index in [1.54, 1.807) is 0 Å². The summed E-state index contributed by atoms with van der Waals surface area (Å²) in [5.41, 5.74) is -0.624. The van der Waals surface area contributed by atoms with Gasteiger partial charge in [0.25, 0.3) is 0 Å². The Kier molecular flexibility index (Phi) is 3.84. The van der Waals surface area contributed by atoms with Crippen molar-refractivity contribution in [3.63, 3.8) is 0 Å². The molecular formula is C15H26O3. The highest BCUT2D eigenvalue weighted by atomic mass is 16.3. The summed E-state index contributed by atoms with van der Waals surface area (Å²) in [6, 6.07) is 0. The van der Waals surface area contributed by atoms with E-state index >= 15 is 0 Å². The normalized spacial score (nSPS) is 44.1. The highest BCUT2D eigenvalue weighted by Crippen LogP contribution is 2.54. The molecule has 3 nitrogen and oxygen atoms in total. The minimum atomic E-state index is -0.624. The van der Waals surface area contributed by atoms with Crippen LogP contribution in [0.3, 0.4) is 0 Å². The third-order valence-corrected chi connectivity index (χ3v) is 5.42. The van der Waals surface area contributed by atoms with Gasteiger partial charge in [0.1, 0.15) is 6.61 Å². The topological polar surface area (TPSA) is 57.5 Å². The Morgan fingerprint density at radius 2 is 2.00 bits per heavy atom. The Labute approximate surface area is 110 Å². The molecule has 0 bridgehead atoms. The number of carbonyl (C=O) groups is 1. The van der Waals surface area contributed by atoms with E-state index in [-0.39, 0.29) is 30.1 Å². The minimum absolute atomic E-state index is 0.0224. The molecule has 0 radical (unpaired) electrons. The summed E-state index contributed by atoms with van der Waals surface area (Å²) in [6.07, 6.45) is 3.61. The lowest BCUT2D eigenvalue weighted by molar-refractivity contribution is -0.132. The largest absolute Gasteiger partial charge is 0.390 e. The number of aliphatic hydroxyl groups excluding tert-OH is 1. The molecular weight excluding hydrogens is 228 g/mol. The van der Waals surface area contributed by atoms with E-state index in [9.17, 15) is 9.90 Å². The number of hydrogen-bond acceptors (Lipinski definition) is 3. The van der Waals surface area contributed by atoms with Gasteiger partial charge in [-0.05, 0) is 56.3 Å². The SMILES string of the molecule is CC(C)C1CCC(C)(O)C2CCC(C(=O)CO)C12. The Bertz CT molecular complexity index is 322. The van der Waals surface area contributed by atoms with Crippen molar-refractivity contribution in [1.29, 1.82) is 0 Å². The van der Waals surface area contributed by atoms with Gasteiger partial charge in [-0.15, -0.1) is 0 Å². The number of carbonyl (C=O) groups excluding carboxylic acids is 1. The molecule has 0 aromatic carbocycles. The molecule has 0 heterocycles. The molecule has 0 amide bonds. The zero-order chi connectivity index (χ0) is 13.5. The molecule has 0 saturated heterocycles. The standard InChI is InChI=1S/C15H26O3/c1-9(2)10-6-7-15(3,18)12-5-4-11(14(10)12)13(17)8-16/h9-12,14,16,18H,4-8H2,1-3H3. The minimum Gasteiger partial charge on any atom is -0.390 e. The summed E-state index contributed by atoms with van der Waals surface area (Å²) < 4.78 is 0. The van der Waals surface area contributed by atoms with Gasteiger partial charge < -0.3 is 10.2 Å². The maximum atomic E-state index is 11.9. The van der Waals surface area contributed by atoms with Gasteiger partial charge in [0.15, 0.2) is 5.78 Å². The Morgan fingerprint density at radius 3 is 2.56 bits per heavy atom. The van der Waals surface area contributed by atoms with Crippen molar-refractivity contribution < 1.29 is 15.0 Å². The molecule has 2 aliphatic rings. The first-order valence-corrected chi connectivity index (χ1v) is 7.24. The van der Waals surface area contributed by atoms with Crippen LogP contribution in [-0.2, 0) is 4.79 Å². The zero-order valence-electron chi connectivity index (χ0n) is 11.7. The highest BCUT2D eigenvalue weighted by Gasteiger charge is 2.53. The first kappa shape index (κ1) is 14.0. The molecule has 2 saturated carbocycles. The van der Waals surface area contributed by atoms with Crippen LogP contribution in [0.1, 0.15) is 46.5 Å². The Hall–Kier alpha value is -0.410. The maximum Gasteiger partial charge on any atom is 0.161 e. The third kappa shape index (κ3) is 2.23. The van der Waals surface area contributed by atoms with Crippen LogP contribution in [0, 0.1) is 29.6 Å². The average molecular weight is 254 g/mol. The quantitative estimate of drug-likeness (QED) is 0.810. The number of hydrogen-bond donors (Lipinski definition) is 2. The fourth-order valence-electron chi connectivity index (χ4n) is 4.45. The molecule has 5 unspecified atom stereocenters. The van der Waals surface area contributed by atoms with E-state index < -0.39 is 5.60 Å². The van der Waals surface area contributed by atoms with Crippen molar-refractivity contribution >= 4 is 5.78 Å². The molecule has 2 aliphatic carbocycles. The molecule has 0 spiro atoms.